The molecule has 2 atom stereocenters. The molecule has 27 heavy (non-hydrogen) atoms. The maximum absolute atomic E-state index is 12.4. The second kappa shape index (κ2) is 10.5. The Bertz CT molecular complexity index is 704. The number of hydrogen-bond donors (Lipinski definition) is 1. The predicted molar refractivity (Wildman–Crippen MR) is 110 cm³/mol. The lowest BCUT2D eigenvalue weighted by molar-refractivity contribution is -0.134. The van der Waals surface area contributed by atoms with E-state index in [2.05, 4.69) is 5.16 Å². The number of aryl methyl sites for hydroxylation is 1. The van der Waals surface area contributed by atoms with Crippen molar-refractivity contribution >= 4 is 18.3 Å². The van der Waals surface area contributed by atoms with Crippen molar-refractivity contribution < 1.29 is 9.32 Å². The molecule has 3 rings (SSSR count). The number of halogens is 1. The monoisotopic (exact) mass is 391 g/mol. The number of carbonyl (C=O) groups excluding carboxylic acids is 1. The summed E-state index contributed by atoms with van der Waals surface area (Å²) in [5, 5.41) is 4.15. The molecule has 0 aliphatic heterocycles. The summed E-state index contributed by atoms with van der Waals surface area (Å²) in [7, 11) is 1.91. The predicted octanol–water partition coefficient (Wildman–Crippen LogP) is 4.06. The number of nitrogens with zero attached hydrogens (tertiary/aromatic N) is 2. The smallest absolute Gasteiger partial charge is 0.225 e. The zero-order valence-corrected chi connectivity index (χ0v) is 16.8. The third-order valence-corrected chi connectivity index (χ3v) is 5.24. The summed E-state index contributed by atoms with van der Waals surface area (Å²) in [5.74, 6) is 1.33. The van der Waals surface area contributed by atoms with Crippen molar-refractivity contribution in [3.8, 4) is 11.3 Å². The minimum atomic E-state index is 0. The number of amides is 1. The van der Waals surface area contributed by atoms with E-state index in [1.54, 1.807) is 0 Å². The highest BCUT2D eigenvalue weighted by Gasteiger charge is 2.29. The van der Waals surface area contributed by atoms with E-state index in [1.165, 1.54) is 0 Å². The normalized spacial score (nSPS) is 18.9. The molecule has 0 radical (unpaired) electrons. The average molecular weight is 392 g/mol. The Balaban J connectivity index is 0.00000261. The molecule has 0 spiro atoms. The summed E-state index contributed by atoms with van der Waals surface area (Å²) in [6.07, 6.45) is 6.78. The molecule has 2 aromatic rings. The topological polar surface area (TPSA) is 72.4 Å². The van der Waals surface area contributed by atoms with Gasteiger partial charge in [-0.3, -0.25) is 4.79 Å². The highest BCUT2D eigenvalue weighted by Crippen LogP contribution is 2.26. The molecular formula is C21H30ClN3O2. The van der Waals surface area contributed by atoms with Gasteiger partial charge in [0, 0.05) is 43.6 Å². The van der Waals surface area contributed by atoms with E-state index < -0.39 is 0 Å². The van der Waals surface area contributed by atoms with E-state index in [-0.39, 0.29) is 30.3 Å². The molecule has 1 aromatic heterocycles. The van der Waals surface area contributed by atoms with Gasteiger partial charge in [0.1, 0.15) is 11.5 Å². The van der Waals surface area contributed by atoms with Gasteiger partial charge in [-0.15, -0.1) is 12.4 Å². The number of rotatable bonds is 8. The largest absolute Gasteiger partial charge is 0.361 e. The molecule has 1 aromatic carbocycles. The second-order valence-electron chi connectivity index (χ2n) is 7.38. The van der Waals surface area contributed by atoms with Crippen molar-refractivity contribution in [3.63, 3.8) is 0 Å². The Morgan fingerprint density at radius 1 is 1.22 bits per heavy atom. The van der Waals surface area contributed by atoms with Crippen LogP contribution in [-0.4, -0.2) is 35.6 Å². The molecule has 1 heterocycles. The van der Waals surface area contributed by atoms with Gasteiger partial charge in [0.2, 0.25) is 5.91 Å². The van der Waals surface area contributed by atoms with Crippen molar-refractivity contribution in [2.75, 3.05) is 13.6 Å². The van der Waals surface area contributed by atoms with Crippen molar-refractivity contribution in [1.82, 2.24) is 10.1 Å². The molecule has 5 nitrogen and oxygen atoms in total. The fraction of sp³-hybridized carbons (Fsp3) is 0.524. The first-order valence-electron chi connectivity index (χ1n) is 9.65. The molecule has 1 amide bonds. The van der Waals surface area contributed by atoms with Crippen LogP contribution < -0.4 is 5.73 Å². The number of nitrogens with two attached hydrogens (primary N) is 1. The number of unbranched alkanes of at least 4 members (excludes halogenated alkanes) is 2. The minimum absolute atomic E-state index is 0. The Morgan fingerprint density at radius 3 is 2.70 bits per heavy atom. The molecule has 2 N–H and O–H groups in total. The van der Waals surface area contributed by atoms with E-state index in [4.69, 9.17) is 10.3 Å². The molecule has 0 saturated heterocycles. The lowest BCUT2D eigenvalue weighted by Gasteiger charge is -2.21. The summed E-state index contributed by atoms with van der Waals surface area (Å²) >= 11 is 0. The highest BCUT2D eigenvalue weighted by molar-refractivity contribution is 5.85. The van der Waals surface area contributed by atoms with Crippen LogP contribution in [0, 0.1) is 5.92 Å². The van der Waals surface area contributed by atoms with Crippen molar-refractivity contribution in [2.24, 2.45) is 11.7 Å². The van der Waals surface area contributed by atoms with Crippen LogP contribution in [0.4, 0.5) is 0 Å². The molecule has 148 valence electrons. The molecule has 1 saturated carbocycles. The Kier molecular flexibility index (Phi) is 8.32. The van der Waals surface area contributed by atoms with Gasteiger partial charge in [0.05, 0.1) is 0 Å². The van der Waals surface area contributed by atoms with Crippen LogP contribution in [0.1, 0.15) is 44.3 Å². The van der Waals surface area contributed by atoms with Crippen LogP contribution in [0.15, 0.2) is 40.9 Å². The van der Waals surface area contributed by atoms with Crippen LogP contribution in [-0.2, 0) is 11.2 Å². The van der Waals surface area contributed by atoms with Crippen LogP contribution >= 0.6 is 12.4 Å². The van der Waals surface area contributed by atoms with Crippen molar-refractivity contribution in [2.45, 2.75) is 51.0 Å². The van der Waals surface area contributed by atoms with E-state index in [0.717, 1.165) is 68.5 Å². The standard InChI is InChI=1S/C21H29N3O2.ClH/c1-24(21(25)17-11-12-18(22)14-17)13-7-3-6-10-19-15-20(23-26-19)16-8-4-2-5-9-16;/h2,4-5,8-9,15,17-18H,3,6-7,10-14,22H2,1H3;1H. The van der Waals surface area contributed by atoms with Crippen LogP contribution in [0.3, 0.4) is 0 Å². The summed E-state index contributed by atoms with van der Waals surface area (Å²) in [4.78, 5) is 14.2. The van der Waals surface area contributed by atoms with Gasteiger partial charge in [-0.05, 0) is 32.1 Å². The minimum Gasteiger partial charge on any atom is -0.361 e. The molecule has 1 fully saturated rings. The summed E-state index contributed by atoms with van der Waals surface area (Å²) < 4.78 is 5.44. The third kappa shape index (κ3) is 6.08. The van der Waals surface area contributed by atoms with Crippen molar-refractivity contribution in [1.29, 1.82) is 0 Å². The zero-order chi connectivity index (χ0) is 18.4. The SMILES string of the molecule is CN(CCCCCc1cc(-c2ccccc2)no1)C(=O)C1CCC(N)C1.Cl. The number of hydrogen-bond acceptors (Lipinski definition) is 4. The van der Waals surface area contributed by atoms with Gasteiger partial charge in [0.15, 0.2) is 0 Å². The van der Waals surface area contributed by atoms with Gasteiger partial charge >= 0.3 is 0 Å². The summed E-state index contributed by atoms with van der Waals surface area (Å²) in [5.41, 5.74) is 7.88. The molecule has 1 aliphatic rings. The van der Waals surface area contributed by atoms with Gasteiger partial charge in [-0.25, -0.2) is 0 Å². The van der Waals surface area contributed by atoms with Crippen LogP contribution in [0.5, 0.6) is 0 Å². The number of aromatic nitrogens is 1. The van der Waals surface area contributed by atoms with E-state index in [0.29, 0.717) is 0 Å². The fourth-order valence-corrected chi connectivity index (χ4v) is 3.66. The Hall–Kier alpha value is -1.85. The average Bonchev–Trinajstić information content (AvgIpc) is 3.30. The van der Waals surface area contributed by atoms with Crippen molar-refractivity contribution in [3.05, 3.63) is 42.2 Å². The van der Waals surface area contributed by atoms with Crippen LogP contribution in [0.25, 0.3) is 11.3 Å². The first-order valence-corrected chi connectivity index (χ1v) is 9.65. The molecule has 1 aliphatic carbocycles. The molecule has 0 bridgehead atoms. The Labute approximate surface area is 167 Å². The lowest BCUT2D eigenvalue weighted by atomic mass is 10.1. The molecule has 6 heteroatoms. The third-order valence-electron chi connectivity index (χ3n) is 5.24. The van der Waals surface area contributed by atoms with Crippen LogP contribution in [0.2, 0.25) is 0 Å². The molecule has 2 unspecified atom stereocenters. The quantitative estimate of drug-likeness (QED) is 0.688. The first kappa shape index (κ1) is 21.5. The van der Waals surface area contributed by atoms with E-state index in [1.807, 2.05) is 48.3 Å². The maximum atomic E-state index is 12.4. The molecular weight excluding hydrogens is 362 g/mol. The highest BCUT2D eigenvalue weighted by atomic mass is 35.5. The van der Waals surface area contributed by atoms with Gasteiger partial charge < -0.3 is 15.2 Å². The van der Waals surface area contributed by atoms with Gasteiger partial charge in [0.25, 0.3) is 0 Å². The zero-order valence-electron chi connectivity index (χ0n) is 16.0. The fourth-order valence-electron chi connectivity index (χ4n) is 3.66. The summed E-state index contributed by atoms with van der Waals surface area (Å²) in [6.45, 7) is 0.816. The Morgan fingerprint density at radius 2 is 2.00 bits per heavy atom. The van der Waals surface area contributed by atoms with E-state index >= 15 is 0 Å². The summed E-state index contributed by atoms with van der Waals surface area (Å²) in [6, 6.07) is 12.3. The van der Waals surface area contributed by atoms with Gasteiger partial charge in [-0.1, -0.05) is 41.9 Å². The first-order chi connectivity index (χ1) is 12.6. The lowest BCUT2D eigenvalue weighted by Crippen LogP contribution is -2.33. The maximum Gasteiger partial charge on any atom is 0.225 e. The van der Waals surface area contributed by atoms with E-state index in [9.17, 15) is 4.79 Å². The number of carbonyl (C=O) groups is 1. The van der Waals surface area contributed by atoms with Gasteiger partial charge in [-0.2, -0.15) is 0 Å². The second-order valence-corrected chi connectivity index (χ2v) is 7.38. The number of benzene rings is 1.